The zero-order valence-electron chi connectivity index (χ0n) is 11.0. The molecule has 1 N–H and O–H groups in total. The first kappa shape index (κ1) is 12.7. The number of hydrogen-bond acceptors (Lipinski definition) is 4. The third-order valence-corrected chi connectivity index (χ3v) is 3.79. The van der Waals surface area contributed by atoms with E-state index in [2.05, 4.69) is 27.3 Å². The molecule has 2 aromatic heterocycles. The van der Waals surface area contributed by atoms with Gasteiger partial charge in [-0.15, -0.1) is 5.10 Å². The van der Waals surface area contributed by atoms with E-state index in [1.807, 2.05) is 12.1 Å². The topological polar surface area (TPSA) is 45.5 Å². The molecule has 1 aliphatic rings. The Morgan fingerprint density at radius 2 is 2.37 bits per heavy atom. The molecule has 0 amide bonds. The summed E-state index contributed by atoms with van der Waals surface area (Å²) in [5.74, 6) is 1.35. The van der Waals surface area contributed by atoms with E-state index in [4.69, 9.17) is 11.6 Å². The third kappa shape index (κ3) is 2.98. The lowest BCUT2D eigenvalue weighted by Gasteiger charge is -2.29. The van der Waals surface area contributed by atoms with Crippen LogP contribution in [0.1, 0.15) is 12.8 Å². The molecule has 0 aliphatic carbocycles. The van der Waals surface area contributed by atoms with Crippen LogP contribution in [-0.4, -0.2) is 46.2 Å². The summed E-state index contributed by atoms with van der Waals surface area (Å²) >= 11 is 5.93. The molecule has 1 fully saturated rings. The fraction of sp³-hybridized carbons (Fsp3) is 0.538. The normalized spacial score (nSPS) is 20.8. The Morgan fingerprint density at radius 3 is 3.21 bits per heavy atom. The summed E-state index contributed by atoms with van der Waals surface area (Å²) in [6, 6.07) is 3.69. The van der Waals surface area contributed by atoms with Crippen molar-refractivity contribution in [1.29, 1.82) is 0 Å². The van der Waals surface area contributed by atoms with E-state index in [-0.39, 0.29) is 0 Å². The standard InChI is InChI=1S/C13H18ClN5/c1-18-6-2-3-10(8-18)7-15-13-16-12-5-4-11(14)9-19(12)17-13/h4-5,9-10H,2-3,6-8H2,1H3,(H,15,17). The van der Waals surface area contributed by atoms with Crippen LogP contribution in [0.2, 0.25) is 5.02 Å². The first-order valence-corrected chi connectivity index (χ1v) is 7.03. The van der Waals surface area contributed by atoms with Gasteiger partial charge >= 0.3 is 0 Å². The second kappa shape index (κ2) is 5.35. The second-order valence-electron chi connectivity index (χ2n) is 5.24. The smallest absolute Gasteiger partial charge is 0.243 e. The van der Waals surface area contributed by atoms with Crippen LogP contribution in [0, 0.1) is 5.92 Å². The molecule has 0 aromatic carbocycles. The van der Waals surface area contributed by atoms with E-state index >= 15 is 0 Å². The van der Waals surface area contributed by atoms with Crippen molar-refractivity contribution in [3.8, 4) is 0 Å². The quantitative estimate of drug-likeness (QED) is 0.935. The maximum atomic E-state index is 5.93. The number of likely N-dealkylation sites (tertiary alicyclic amines) is 1. The van der Waals surface area contributed by atoms with Crippen molar-refractivity contribution in [2.75, 3.05) is 32.0 Å². The van der Waals surface area contributed by atoms with Crippen LogP contribution < -0.4 is 5.32 Å². The van der Waals surface area contributed by atoms with Gasteiger partial charge in [0.2, 0.25) is 5.95 Å². The molecule has 102 valence electrons. The van der Waals surface area contributed by atoms with E-state index in [9.17, 15) is 0 Å². The van der Waals surface area contributed by atoms with Gasteiger partial charge in [-0.25, -0.2) is 4.52 Å². The molecule has 0 radical (unpaired) electrons. The Labute approximate surface area is 117 Å². The lowest BCUT2D eigenvalue weighted by molar-refractivity contribution is 0.217. The fourth-order valence-electron chi connectivity index (χ4n) is 2.61. The molecular weight excluding hydrogens is 262 g/mol. The van der Waals surface area contributed by atoms with Crippen molar-refractivity contribution in [2.24, 2.45) is 5.92 Å². The number of rotatable bonds is 3. The largest absolute Gasteiger partial charge is 0.353 e. The van der Waals surface area contributed by atoms with E-state index < -0.39 is 0 Å². The molecule has 1 aliphatic heterocycles. The van der Waals surface area contributed by atoms with Crippen molar-refractivity contribution < 1.29 is 0 Å². The molecule has 6 heteroatoms. The van der Waals surface area contributed by atoms with Crippen LogP contribution in [0.5, 0.6) is 0 Å². The first-order valence-electron chi connectivity index (χ1n) is 6.65. The van der Waals surface area contributed by atoms with Crippen molar-refractivity contribution in [3.05, 3.63) is 23.4 Å². The maximum Gasteiger partial charge on any atom is 0.243 e. The predicted octanol–water partition coefficient (Wildman–Crippen LogP) is 2.14. The molecule has 1 atom stereocenters. The molecule has 2 aromatic rings. The SMILES string of the molecule is CN1CCCC(CNc2nc3ccc(Cl)cn3n2)C1. The Balaban J connectivity index is 1.65. The van der Waals surface area contributed by atoms with E-state index in [1.165, 1.54) is 19.4 Å². The van der Waals surface area contributed by atoms with Crippen molar-refractivity contribution in [1.82, 2.24) is 19.5 Å². The van der Waals surface area contributed by atoms with Gasteiger partial charge in [0.15, 0.2) is 5.65 Å². The van der Waals surface area contributed by atoms with Gasteiger partial charge in [0, 0.05) is 19.3 Å². The highest BCUT2D eigenvalue weighted by molar-refractivity contribution is 6.30. The van der Waals surface area contributed by atoms with Crippen molar-refractivity contribution in [3.63, 3.8) is 0 Å². The van der Waals surface area contributed by atoms with Gasteiger partial charge < -0.3 is 10.2 Å². The molecule has 3 heterocycles. The van der Waals surface area contributed by atoms with Gasteiger partial charge in [-0.2, -0.15) is 4.98 Å². The zero-order chi connectivity index (χ0) is 13.2. The minimum absolute atomic E-state index is 0.665. The molecule has 0 saturated carbocycles. The zero-order valence-corrected chi connectivity index (χ0v) is 11.8. The number of anilines is 1. The van der Waals surface area contributed by atoms with Crippen molar-refractivity contribution >= 4 is 23.2 Å². The van der Waals surface area contributed by atoms with Crippen LogP contribution in [0.25, 0.3) is 5.65 Å². The Hall–Kier alpha value is -1.33. The maximum absolute atomic E-state index is 5.93. The fourth-order valence-corrected chi connectivity index (χ4v) is 2.76. The Kier molecular flexibility index (Phi) is 3.57. The summed E-state index contributed by atoms with van der Waals surface area (Å²) in [5, 5.41) is 8.37. The molecule has 1 unspecified atom stereocenters. The summed E-state index contributed by atoms with van der Waals surface area (Å²) in [4.78, 5) is 6.81. The lowest BCUT2D eigenvalue weighted by Crippen LogP contribution is -2.35. The summed E-state index contributed by atoms with van der Waals surface area (Å²) in [5.41, 5.74) is 0.813. The summed E-state index contributed by atoms with van der Waals surface area (Å²) < 4.78 is 1.71. The molecule has 0 spiro atoms. The van der Waals surface area contributed by atoms with Crippen LogP contribution in [0.3, 0.4) is 0 Å². The summed E-state index contributed by atoms with van der Waals surface area (Å²) in [6.45, 7) is 3.28. The summed E-state index contributed by atoms with van der Waals surface area (Å²) in [6.07, 6.45) is 4.32. The van der Waals surface area contributed by atoms with Gasteiger partial charge in [-0.3, -0.25) is 0 Å². The van der Waals surface area contributed by atoms with Crippen molar-refractivity contribution in [2.45, 2.75) is 12.8 Å². The number of aromatic nitrogens is 3. The molecular formula is C13H18ClN5. The highest BCUT2D eigenvalue weighted by Crippen LogP contribution is 2.16. The lowest BCUT2D eigenvalue weighted by atomic mass is 9.99. The molecule has 0 bridgehead atoms. The highest BCUT2D eigenvalue weighted by atomic mass is 35.5. The highest BCUT2D eigenvalue weighted by Gasteiger charge is 2.17. The number of pyridine rings is 1. The van der Waals surface area contributed by atoms with E-state index in [0.29, 0.717) is 16.9 Å². The number of nitrogens with zero attached hydrogens (tertiary/aromatic N) is 4. The van der Waals surface area contributed by atoms with Crippen LogP contribution >= 0.6 is 11.6 Å². The Bertz CT molecular complexity index is 567. The van der Waals surface area contributed by atoms with Gasteiger partial charge in [0.1, 0.15) is 0 Å². The average Bonchev–Trinajstić information content (AvgIpc) is 2.78. The second-order valence-corrected chi connectivity index (χ2v) is 5.67. The number of hydrogen-bond donors (Lipinski definition) is 1. The van der Waals surface area contributed by atoms with Crippen LogP contribution in [-0.2, 0) is 0 Å². The number of nitrogens with one attached hydrogen (secondary N) is 1. The molecule has 5 nitrogen and oxygen atoms in total. The van der Waals surface area contributed by atoms with Gasteiger partial charge in [0.25, 0.3) is 0 Å². The minimum atomic E-state index is 0.665. The van der Waals surface area contributed by atoms with Crippen LogP contribution in [0.15, 0.2) is 18.3 Å². The molecule has 3 rings (SSSR count). The number of halogens is 1. The molecule has 1 saturated heterocycles. The third-order valence-electron chi connectivity index (χ3n) is 3.57. The average molecular weight is 280 g/mol. The van der Waals surface area contributed by atoms with Crippen LogP contribution in [0.4, 0.5) is 5.95 Å². The van der Waals surface area contributed by atoms with Gasteiger partial charge in [-0.1, -0.05) is 11.6 Å². The van der Waals surface area contributed by atoms with Gasteiger partial charge in [-0.05, 0) is 44.5 Å². The number of fused-ring (bicyclic) bond motifs is 1. The van der Waals surface area contributed by atoms with E-state index in [1.54, 1.807) is 10.7 Å². The Morgan fingerprint density at radius 1 is 1.47 bits per heavy atom. The minimum Gasteiger partial charge on any atom is -0.353 e. The summed E-state index contributed by atoms with van der Waals surface area (Å²) in [7, 11) is 2.18. The predicted molar refractivity (Wildman–Crippen MR) is 76.7 cm³/mol. The number of piperidine rings is 1. The monoisotopic (exact) mass is 279 g/mol. The first-order chi connectivity index (χ1) is 9.20. The van der Waals surface area contributed by atoms with Gasteiger partial charge in [0.05, 0.1) is 5.02 Å². The molecule has 19 heavy (non-hydrogen) atoms. The van der Waals surface area contributed by atoms with E-state index in [0.717, 1.165) is 18.7 Å².